The third-order valence-corrected chi connectivity index (χ3v) is 4.57. The van der Waals surface area contributed by atoms with E-state index in [-0.39, 0.29) is 23.9 Å². The largest absolute Gasteiger partial charge is 0.323 e. The van der Waals surface area contributed by atoms with Crippen LogP contribution in [0.3, 0.4) is 0 Å². The molecule has 148 valence electrons. The normalized spacial score (nSPS) is 10.9. The fourth-order valence-electron chi connectivity index (χ4n) is 2.92. The number of nitrogens with one attached hydrogen (secondary N) is 2. The quantitative estimate of drug-likeness (QED) is 0.670. The molecule has 0 fully saturated rings. The van der Waals surface area contributed by atoms with Crippen molar-refractivity contribution in [1.82, 2.24) is 29.3 Å². The maximum absolute atomic E-state index is 12.7. The summed E-state index contributed by atoms with van der Waals surface area (Å²) in [5.41, 5.74) is 3.97. The minimum atomic E-state index is -0.370. The molecule has 10 heteroatoms. The number of anilines is 2. The molecule has 0 aliphatic carbocycles. The Morgan fingerprint density at radius 3 is 2.29 bits per heavy atom. The van der Waals surface area contributed by atoms with Gasteiger partial charge in [-0.05, 0) is 26.8 Å². The van der Waals surface area contributed by atoms with Crippen LogP contribution in [-0.2, 0) is 25.4 Å². The SMILES string of the molecule is Cc1cc(C)n(CCC(=O)Nc2cnn(C)c2C(=O)Nc2cnn(C)c2C)n1. The van der Waals surface area contributed by atoms with Gasteiger partial charge in [-0.2, -0.15) is 15.3 Å². The van der Waals surface area contributed by atoms with E-state index in [1.165, 1.54) is 10.9 Å². The standard InChI is InChI=1S/C18H24N8O2/c1-11-8-12(2)26(23-11)7-6-16(27)21-15-10-20-25(5)17(15)18(28)22-14-9-19-24(4)13(14)3/h8-10H,6-7H2,1-5H3,(H,21,27)(H,22,28). The number of hydrogen-bond acceptors (Lipinski definition) is 5. The first-order valence-electron chi connectivity index (χ1n) is 8.89. The summed E-state index contributed by atoms with van der Waals surface area (Å²) in [5.74, 6) is -0.586. The van der Waals surface area contributed by atoms with Crippen LogP contribution < -0.4 is 10.6 Å². The van der Waals surface area contributed by atoms with Crippen molar-refractivity contribution in [2.24, 2.45) is 14.1 Å². The van der Waals surface area contributed by atoms with E-state index in [2.05, 4.69) is 25.9 Å². The number of nitrogens with zero attached hydrogens (tertiary/aromatic N) is 6. The first kappa shape index (κ1) is 19.3. The Bertz CT molecular complexity index is 1030. The predicted octanol–water partition coefficient (Wildman–Crippen LogP) is 1.56. The van der Waals surface area contributed by atoms with Gasteiger partial charge in [0.05, 0.1) is 35.2 Å². The van der Waals surface area contributed by atoms with Crippen molar-refractivity contribution in [1.29, 1.82) is 0 Å². The Balaban J connectivity index is 1.68. The van der Waals surface area contributed by atoms with E-state index in [1.54, 1.807) is 29.7 Å². The molecule has 3 heterocycles. The summed E-state index contributed by atoms with van der Waals surface area (Å²) in [6.45, 7) is 6.17. The smallest absolute Gasteiger partial charge is 0.276 e. The summed E-state index contributed by atoms with van der Waals surface area (Å²) in [6, 6.07) is 1.96. The zero-order valence-electron chi connectivity index (χ0n) is 16.6. The Hall–Kier alpha value is -3.43. The molecule has 3 aromatic rings. The van der Waals surface area contributed by atoms with Gasteiger partial charge in [0, 0.05) is 32.8 Å². The molecule has 3 rings (SSSR count). The molecule has 3 aromatic heterocycles. The maximum atomic E-state index is 12.7. The highest BCUT2D eigenvalue weighted by Gasteiger charge is 2.20. The highest BCUT2D eigenvalue weighted by Crippen LogP contribution is 2.19. The van der Waals surface area contributed by atoms with Crippen molar-refractivity contribution < 1.29 is 9.59 Å². The van der Waals surface area contributed by atoms with Gasteiger partial charge in [-0.15, -0.1) is 0 Å². The Morgan fingerprint density at radius 2 is 1.68 bits per heavy atom. The number of aromatic nitrogens is 6. The fourth-order valence-corrected chi connectivity index (χ4v) is 2.92. The van der Waals surface area contributed by atoms with Crippen LogP contribution in [0.25, 0.3) is 0 Å². The van der Waals surface area contributed by atoms with Gasteiger partial charge in [0.2, 0.25) is 5.91 Å². The van der Waals surface area contributed by atoms with Crippen LogP contribution in [0, 0.1) is 20.8 Å². The van der Waals surface area contributed by atoms with Crippen molar-refractivity contribution in [3.05, 3.63) is 41.2 Å². The van der Waals surface area contributed by atoms with Crippen molar-refractivity contribution in [3.63, 3.8) is 0 Å². The van der Waals surface area contributed by atoms with Gasteiger partial charge in [0.1, 0.15) is 5.69 Å². The van der Waals surface area contributed by atoms with Crippen LogP contribution in [-0.4, -0.2) is 41.2 Å². The van der Waals surface area contributed by atoms with Crippen LogP contribution in [0.1, 0.15) is 34.0 Å². The number of carbonyl (C=O) groups is 2. The van der Waals surface area contributed by atoms with Gasteiger partial charge in [-0.1, -0.05) is 0 Å². The molecule has 2 N–H and O–H groups in total. The number of amides is 2. The molecule has 0 spiro atoms. The van der Waals surface area contributed by atoms with E-state index < -0.39 is 0 Å². The van der Waals surface area contributed by atoms with Crippen LogP contribution in [0.4, 0.5) is 11.4 Å². The second-order valence-electron chi connectivity index (χ2n) is 6.70. The summed E-state index contributed by atoms with van der Waals surface area (Å²) in [5, 5.41) is 18.1. The molecule has 0 aliphatic rings. The highest BCUT2D eigenvalue weighted by atomic mass is 16.2. The lowest BCUT2D eigenvalue weighted by atomic mass is 10.3. The molecular weight excluding hydrogens is 360 g/mol. The molecule has 2 amide bonds. The minimum Gasteiger partial charge on any atom is -0.323 e. The summed E-state index contributed by atoms with van der Waals surface area (Å²) in [7, 11) is 3.44. The second-order valence-corrected chi connectivity index (χ2v) is 6.70. The monoisotopic (exact) mass is 384 g/mol. The lowest BCUT2D eigenvalue weighted by Crippen LogP contribution is -2.21. The van der Waals surface area contributed by atoms with Crippen molar-refractivity contribution >= 4 is 23.2 Å². The van der Waals surface area contributed by atoms with Crippen LogP contribution in [0.2, 0.25) is 0 Å². The van der Waals surface area contributed by atoms with Crippen molar-refractivity contribution in [2.45, 2.75) is 33.7 Å². The molecular formula is C18H24N8O2. The third-order valence-electron chi connectivity index (χ3n) is 4.57. The van der Waals surface area contributed by atoms with E-state index in [4.69, 9.17) is 0 Å². The van der Waals surface area contributed by atoms with Gasteiger partial charge >= 0.3 is 0 Å². The lowest BCUT2D eigenvalue weighted by Gasteiger charge is -2.09. The van der Waals surface area contributed by atoms with Crippen molar-refractivity contribution in [3.8, 4) is 0 Å². The predicted molar refractivity (Wildman–Crippen MR) is 104 cm³/mol. The van der Waals surface area contributed by atoms with E-state index >= 15 is 0 Å². The van der Waals surface area contributed by atoms with E-state index in [0.29, 0.717) is 17.9 Å². The highest BCUT2D eigenvalue weighted by molar-refractivity contribution is 6.09. The average Bonchev–Trinajstić information content (AvgIpc) is 3.26. The van der Waals surface area contributed by atoms with Gasteiger partial charge < -0.3 is 10.6 Å². The third kappa shape index (κ3) is 3.95. The summed E-state index contributed by atoms with van der Waals surface area (Å²) < 4.78 is 4.88. The van der Waals surface area contributed by atoms with Gasteiger partial charge in [0.25, 0.3) is 5.91 Å². The molecule has 10 nitrogen and oxygen atoms in total. The molecule has 28 heavy (non-hydrogen) atoms. The molecule has 0 aliphatic heterocycles. The first-order valence-corrected chi connectivity index (χ1v) is 8.89. The van der Waals surface area contributed by atoms with Crippen LogP contribution in [0.15, 0.2) is 18.5 Å². The lowest BCUT2D eigenvalue weighted by molar-refractivity contribution is -0.116. The van der Waals surface area contributed by atoms with E-state index in [9.17, 15) is 9.59 Å². The number of hydrogen-bond donors (Lipinski definition) is 2. The minimum absolute atomic E-state index is 0.216. The molecule has 0 aromatic carbocycles. The van der Waals surface area contributed by atoms with Crippen molar-refractivity contribution in [2.75, 3.05) is 10.6 Å². The summed E-state index contributed by atoms with van der Waals surface area (Å²) in [4.78, 5) is 25.1. The Labute approximate surface area is 162 Å². The second kappa shape index (κ2) is 7.67. The van der Waals surface area contributed by atoms with Gasteiger partial charge in [-0.25, -0.2) is 0 Å². The zero-order valence-corrected chi connectivity index (χ0v) is 16.6. The van der Waals surface area contributed by atoms with Gasteiger partial charge in [0.15, 0.2) is 0 Å². The zero-order chi connectivity index (χ0) is 20.4. The van der Waals surface area contributed by atoms with Gasteiger partial charge in [-0.3, -0.25) is 23.6 Å². The van der Waals surface area contributed by atoms with E-state index in [1.807, 2.05) is 26.8 Å². The van der Waals surface area contributed by atoms with Crippen LogP contribution in [0.5, 0.6) is 0 Å². The first-order chi connectivity index (χ1) is 13.3. The number of rotatable bonds is 6. The molecule has 0 atom stereocenters. The van der Waals surface area contributed by atoms with E-state index in [0.717, 1.165) is 17.1 Å². The summed E-state index contributed by atoms with van der Waals surface area (Å²) >= 11 is 0. The fraction of sp³-hybridized carbons (Fsp3) is 0.389. The Kier molecular flexibility index (Phi) is 5.30. The Morgan fingerprint density at radius 1 is 1.00 bits per heavy atom. The topological polar surface area (TPSA) is 112 Å². The summed E-state index contributed by atoms with van der Waals surface area (Å²) in [6.07, 6.45) is 3.28. The van der Waals surface area contributed by atoms with Crippen LogP contribution >= 0.6 is 0 Å². The molecule has 0 unspecified atom stereocenters. The number of carbonyl (C=O) groups excluding carboxylic acids is 2. The molecule has 0 saturated carbocycles. The molecule has 0 bridgehead atoms. The molecule has 0 radical (unpaired) electrons. The maximum Gasteiger partial charge on any atom is 0.276 e. The molecule has 0 saturated heterocycles. The average molecular weight is 384 g/mol. The number of aryl methyl sites for hydroxylation is 5.